The number of guanidine groups is 1. The van der Waals surface area contributed by atoms with Gasteiger partial charge in [0.25, 0.3) is 0 Å². The van der Waals surface area contributed by atoms with Crippen LogP contribution < -0.4 is 15.8 Å². The monoisotopic (exact) mass is 332 g/mol. The Labute approximate surface area is 146 Å². The van der Waals surface area contributed by atoms with Crippen LogP contribution in [0.4, 0.5) is 0 Å². The molecular formula is C19H32N4O. The molecule has 134 valence electrons. The fourth-order valence-electron chi connectivity index (χ4n) is 3.06. The summed E-state index contributed by atoms with van der Waals surface area (Å²) in [5.41, 5.74) is 6.87. The number of likely N-dealkylation sites (N-methyl/N-ethyl adjacent to an activating group) is 1. The van der Waals surface area contributed by atoms with Crippen molar-refractivity contribution in [2.75, 3.05) is 19.6 Å². The number of rotatable bonds is 6. The Morgan fingerprint density at radius 1 is 1.38 bits per heavy atom. The third kappa shape index (κ3) is 5.71. The molecule has 1 aliphatic rings. The van der Waals surface area contributed by atoms with Crippen LogP contribution in [0.15, 0.2) is 29.3 Å². The average molecular weight is 332 g/mol. The van der Waals surface area contributed by atoms with Crippen molar-refractivity contribution in [3.63, 3.8) is 0 Å². The summed E-state index contributed by atoms with van der Waals surface area (Å²) in [4.78, 5) is 6.97. The Hall–Kier alpha value is -1.75. The second kappa shape index (κ2) is 8.38. The predicted molar refractivity (Wildman–Crippen MR) is 100 cm³/mol. The van der Waals surface area contributed by atoms with E-state index in [1.807, 2.05) is 45.0 Å². The minimum Gasteiger partial charge on any atom is -0.488 e. The van der Waals surface area contributed by atoms with E-state index >= 15 is 0 Å². The summed E-state index contributed by atoms with van der Waals surface area (Å²) in [6, 6.07) is 8.57. The molecule has 0 aliphatic carbocycles. The van der Waals surface area contributed by atoms with E-state index in [2.05, 4.69) is 22.1 Å². The molecule has 0 radical (unpaired) electrons. The van der Waals surface area contributed by atoms with Gasteiger partial charge in [-0.15, -0.1) is 0 Å². The molecule has 1 fully saturated rings. The van der Waals surface area contributed by atoms with Crippen LogP contribution >= 0.6 is 0 Å². The number of hydrogen-bond acceptors (Lipinski definition) is 3. The molecule has 5 heteroatoms. The van der Waals surface area contributed by atoms with Crippen LogP contribution in [0.5, 0.6) is 5.75 Å². The molecule has 24 heavy (non-hydrogen) atoms. The third-order valence-electron chi connectivity index (χ3n) is 4.23. The smallest absolute Gasteiger partial charge is 0.188 e. The van der Waals surface area contributed by atoms with Crippen molar-refractivity contribution < 1.29 is 4.74 Å². The highest BCUT2D eigenvalue weighted by molar-refractivity contribution is 5.77. The molecule has 0 bridgehead atoms. The van der Waals surface area contributed by atoms with Gasteiger partial charge in [-0.3, -0.25) is 4.90 Å². The lowest BCUT2D eigenvalue weighted by Crippen LogP contribution is -2.42. The van der Waals surface area contributed by atoms with Gasteiger partial charge in [0.05, 0.1) is 6.54 Å². The van der Waals surface area contributed by atoms with Crippen molar-refractivity contribution in [3.05, 3.63) is 29.8 Å². The van der Waals surface area contributed by atoms with Gasteiger partial charge in [0, 0.05) is 18.2 Å². The van der Waals surface area contributed by atoms with E-state index in [0.29, 0.717) is 18.5 Å². The fraction of sp³-hybridized carbons (Fsp3) is 0.632. The van der Waals surface area contributed by atoms with E-state index in [4.69, 9.17) is 10.5 Å². The van der Waals surface area contributed by atoms with E-state index in [0.717, 1.165) is 24.4 Å². The van der Waals surface area contributed by atoms with Crippen LogP contribution in [0.1, 0.15) is 46.1 Å². The van der Waals surface area contributed by atoms with Crippen LogP contribution in [-0.2, 0) is 6.54 Å². The van der Waals surface area contributed by atoms with Crippen LogP contribution in [0.2, 0.25) is 0 Å². The highest BCUT2D eigenvalue weighted by Crippen LogP contribution is 2.23. The standard InChI is InChI=1S/C19H32N4O/c1-5-23-12-8-10-16(23)14-22-18(20)21-13-15-9-6-7-11-17(15)24-19(2,3)4/h6-7,9,11,16H,5,8,10,12-14H2,1-4H3,(H3,20,21,22). The Balaban J connectivity index is 1.90. The molecule has 0 aromatic heterocycles. The minimum atomic E-state index is -0.226. The van der Waals surface area contributed by atoms with Gasteiger partial charge in [-0.05, 0) is 52.8 Å². The predicted octanol–water partition coefficient (Wildman–Crippen LogP) is 2.75. The molecule has 0 amide bonds. The van der Waals surface area contributed by atoms with Crippen LogP contribution in [-0.4, -0.2) is 42.1 Å². The molecule has 1 aromatic rings. The summed E-state index contributed by atoms with van der Waals surface area (Å²) in [6.45, 7) is 12.0. The first kappa shape index (κ1) is 18.6. The first-order chi connectivity index (χ1) is 11.4. The first-order valence-corrected chi connectivity index (χ1v) is 8.94. The van der Waals surface area contributed by atoms with E-state index in [1.54, 1.807) is 0 Å². The van der Waals surface area contributed by atoms with Crippen LogP contribution in [0, 0.1) is 0 Å². The van der Waals surface area contributed by atoms with Gasteiger partial charge in [0.2, 0.25) is 0 Å². The summed E-state index contributed by atoms with van der Waals surface area (Å²) < 4.78 is 6.00. The van der Waals surface area contributed by atoms with E-state index < -0.39 is 0 Å². The second-order valence-electron chi connectivity index (χ2n) is 7.33. The summed E-state index contributed by atoms with van der Waals surface area (Å²) in [7, 11) is 0. The van der Waals surface area contributed by atoms with Crippen molar-refractivity contribution in [2.24, 2.45) is 10.7 Å². The number of para-hydroxylation sites is 1. The van der Waals surface area contributed by atoms with E-state index in [-0.39, 0.29) is 5.60 Å². The largest absolute Gasteiger partial charge is 0.488 e. The Kier molecular flexibility index (Phi) is 6.49. The Bertz CT molecular complexity index is 551. The Morgan fingerprint density at radius 3 is 2.83 bits per heavy atom. The number of aliphatic imine (C=N–C) groups is 1. The molecule has 1 atom stereocenters. The number of nitrogens with one attached hydrogen (secondary N) is 1. The fourth-order valence-corrected chi connectivity index (χ4v) is 3.06. The number of benzene rings is 1. The molecule has 1 saturated heterocycles. The summed E-state index contributed by atoms with van der Waals surface area (Å²) in [6.07, 6.45) is 2.51. The van der Waals surface area contributed by atoms with Gasteiger partial charge in [-0.2, -0.15) is 0 Å². The highest BCUT2D eigenvalue weighted by atomic mass is 16.5. The van der Waals surface area contributed by atoms with Gasteiger partial charge in [0.1, 0.15) is 11.4 Å². The summed E-state index contributed by atoms with van der Waals surface area (Å²) in [5, 5.41) is 3.27. The van der Waals surface area contributed by atoms with E-state index in [1.165, 1.54) is 19.4 Å². The minimum absolute atomic E-state index is 0.226. The van der Waals surface area contributed by atoms with Gasteiger partial charge in [-0.25, -0.2) is 4.99 Å². The zero-order chi connectivity index (χ0) is 17.6. The molecule has 1 heterocycles. The lowest BCUT2D eigenvalue weighted by Gasteiger charge is -2.23. The normalized spacial score (nSPS) is 19.5. The zero-order valence-corrected chi connectivity index (χ0v) is 15.5. The maximum atomic E-state index is 6.04. The SMILES string of the molecule is CCN1CCCC1CNC(N)=NCc1ccccc1OC(C)(C)C. The molecule has 5 nitrogen and oxygen atoms in total. The molecule has 0 spiro atoms. The quantitative estimate of drug-likeness (QED) is 0.621. The van der Waals surface area contributed by atoms with Crippen LogP contribution in [0.25, 0.3) is 0 Å². The Morgan fingerprint density at radius 2 is 2.12 bits per heavy atom. The van der Waals surface area contributed by atoms with Gasteiger partial charge in [0.15, 0.2) is 5.96 Å². The number of nitrogens with zero attached hydrogens (tertiary/aromatic N) is 2. The van der Waals surface area contributed by atoms with Crippen molar-refractivity contribution in [1.29, 1.82) is 0 Å². The number of nitrogens with two attached hydrogens (primary N) is 1. The first-order valence-electron chi connectivity index (χ1n) is 8.94. The zero-order valence-electron chi connectivity index (χ0n) is 15.5. The van der Waals surface area contributed by atoms with Gasteiger partial charge in [-0.1, -0.05) is 25.1 Å². The molecule has 2 rings (SSSR count). The maximum Gasteiger partial charge on any atom is 0.188 e. The topological polar surface area (TPSA) is 62.9 Å². The summed E-state index contributed by atoms with van der Waals surface area (Å²) >= 11 is 0. The number of hydrogen-bond donors (Lipinski definition) is 2. The van der Waals surface area contributed by atoms with Crippen LogP contribution in [0.3, 0.4) is 0 Å². The lowest BCUT2D eigenvalue weighted by molar-refractivity contribution is 0.129. The van der Waals surface area contributed by atoms with Crippen molar-refractivity contribution in [1.82, 2.24) is 10.2 Å². The molecule has 1 unspecified atom stereocenters. The van der Waals surface area contributed by atoms with Crippen molar-refractivity contribution in [3.8, 4) is 5.75 Å². The maximum absolute atomic E-state index is 6.04. The highest BCUT2D eigenvalue weighted by Gasteiger charge is 2.22. The van der Waals surface area contributed by atoms with E-state index in [9.17, 15) is 0 Å². The van der Waals surface area contributed by atoms with Gasteiger partial charge >= 0.3 is 0 Å². The van der Waals surface area contributed by atoms with Gasteiger partial charge < -0.3 is 15.8 Å². The average Bonchev–Trinajstić information content (AvgIpc) is 2.98. The molecule has 0 saturated carbocycles. The van der Waals surface area contributed by atoms with Crippen molar-refractivity contribution in [2.45, 2.75) is 58.7 Å². The van der Waals surface area contributed by atoms with Crippen molar-refractivity contribution >= 4 is 5.96 Å². The molecule has 1 aromatic carbocycles. The number of ether oxygens (including phenoxy) is 1. The lowest BCUT2D eigenvalue weighted by atomic mass is 10.1. The molecule has 3 N–H and O–H groups in total. The molecule has 1 aliphatic heterocycles. The number of likely N-dealkylation sites (tertiary alicyclic amines) is 1. The second-order valence-corrected chi connectivity index (χ2v) is 7.33. The third-order valence-corrected chi connectivity index (χ3v) is 4.23. The molecular weight excluding hydrogens is 300 g/mol. The summed E-state index contributed by atoms with van der Waals surface area (Å²) in [5.74, 6) is 1.37.